The quantitative estimate of drug-likeness (QED) is 0.895. The predicted octanol–water partition coefficient (Wildman–Crippen LogP) is 1.28. The average Bonchev–Trinajstić information content (AvgIpc) is 2.38. The van der Waals surface area contributed by atoms with Crippen LogP contribution in [0, 0.1) is 0 Å². The Bertz CT molecular complexity index is 410. The molecular weight excluding hydrogens is 286 g/mol. The van der Waals surface area contributed by atoms with E-state index in [0.717, 1.165) is 4.47 Å². The smallest absolute Gasteiger partial charge is 0.254 e. The molecule has 1 unspecified atom stereocenters. The van der Waals surface area contributed by atoms with Crippen LogP contribution in [0.15, 0.2) is 28.7 Å². The first kappa shape index (κ1) is 12.5. The molecule has 5 heteroatoms. The van der Waals surface area contributed by atoms with Gasteiger partial charge in [0.2, 0.25) is 0 Å². The van der Waals surface area contributed by atoms with Crippen LogP contribution in [0.1, 0.15) is 10.4 Å². The highest BCUT2D eigenvalue weighted by molar-refractivity contribution is 9.10. The number of hydrogen-bond donors (Lipinski definition) is 1. The Morgan fingerprint density at radius 1 is 1.59 bits per heavy atom. The number of amides is 1. The molecule has 1 aromatic rings. The van der Waals surface area contributed by atoms with E-state index in [1.807, 2.05) is 12.1 Å². The first-order valence-electron chi connectivity index (χ1n) is 5.48. The van der Waals surface area contributed by atoms with Crippen molar-refractivity contribution in [3.05, 3.63) is 34.3 Å². The number of ether oxygens (including phenoxy) is 1. The summed E-state index contributed by atoms with van der Waals surface area (Å²) in [6.07, 6.45) is -0.264. The van der Waals surface area contributed by atoms with Crippen molar-refractivity contribution >= 4 is 21.8 Å². The summed E-state index contributed by atoms with van der Waals surface area (Å²) in [4.78, 5) is 13.9. The van der Waals surface area contributed by atoms with Crippen LogP contribution in [-0.2, 0) is 4.74 Å². The largest absolute Gasteiger partial charge is 0.394 e. The molecule has 1 aromatic carbocycles. The third-order valence-electron chi connectivity index (χ3n) is 2.70. The van der Waals surface area contributed by atoms with E-state index in [4.69, 9.17) is 9.84 Å². The van der Waals surface area contributed by atoms with E-state index in [-0.39, 0.29) is 18.6 Å². The highest BCUT2D eigenvalue weighted by Gasteiger charge is 2.24. The van der Waals surface area contributed by atoms with Gasteiger partial charge in [0.1, 0.15) is 0 Å². The highest BCUT2D eigenvalue weighted by atomic mass is 79.9. The van der Waals surface area contributed by atoms with Crippen LogP contribution in [-0.4, -0.2) is 48.3 Å². The molecule has 17 heavy (non-hydrogen) atoms. The molecule has 1 atom stereocenters. The summed E-state index contributed by atoms with van der Waals surface area (Å²) in [7, 11) is 0. The molecule has 0 aromatic heterocycles. The molecule has 0 bridgehead atoms. The maximum absolute atomic E-state index is 12.2. The van der Waals surface area contributed by atoms with Crippen LogP contribution in [0.2, 0.25) is 0 Å². The fourth-order valence-corrected chi connectivity index (χ4v) is 2.22. The predicted molar refractivity (Wildman–Crippen MR) is 66.9 cm³/mol. The van der Waals surface area contributed by atoms with Crippen molar-refractivity contribution in [3.63, 3.8) is 0 Å². The minimum absolute atomic E-state index is 0.0203. The standard InChI is InChI=1S/C12H14BrNO3/c13-10-3-1-2-9(6-10)12(16)14-4-5-17-11(7-14)8-15/h1-3,6,11,15H,4-5,7-8H2. The molecule has 1 amide bonds. The number of aliphatic hydroxyl groups is 1. The zero-order valence-corrected chi connectivity index (χ0v) is 10.9. The van der Waals surface area contributed by atoms with Gasteiger partial charge in [-0.3, -0.25) is 4.79 Å². The number of rotatable bonds is 2. The molecule has 2 rings (SSSR count). The molecule has 1 saturated heterocycles. The molecule has 0 aliphatic carbocycles. The molecule has 1 aliphatic heterocycles. The van der Waals surface area contributed by atoms with Gasteiger partial charge in [-0.25, -0.2) is 0 Å². The van der Waals surface area contributed by atoms with E-state index < -0.39 is 0 Å². The number of carbonyl (C=O) groups is 1. The third kappa shape index (κ3) is 3.06. The van der Waals surface area contributed by atoms with Gasteiger partial charge >= 0.3 is 0 Å². The van der Waals surface area contributed by atoms with Gasteiger partial charge in [0.25, 0.3) is 5.91 Å². The number of halogens is 1. The SMILES string of the molecule is O=C(c1cccc(Br)c1)N1CCOC(CO)C1. The Kier molecular flexibility index (Phi) is 4.15. The van der Waals surface area contributed by atoms with E-state index in [1.165, 1.54) is 0 Å². The van der Waals surface area contributed by atoms with Gasteiger partial charge in [-0.1, -0.05) is 22.0 Å². The fraction of sp³-hybridized carbons (Fsp3) is 0.417. The van der Waals surface area contributed by atoms with Crippen LogP contribution in [0.3, 0.4) is 0 Å². The summed E-state index contributed by atoms with van der Waals surface area (Å²) in [6.45, 7) is 1.44. The van der Waals surface area contributed by atoms with Crippen molar-refractivity contribution in [2.45, 2.75) is 6.10 Å². The minimum Gasteiger partial charge on any atom is -0.394 e. The van der Waals surface area contributed by atoms with Gasteiger partial charge in [-0.2, -0.15) is 0 Å². The van der Waals surface area contributed by atoms with Gasteiger partial charge in [-0.05, 0) is 18.2 Å². The maximum atomic E-state index is 12.2. The molecule has 1 fully saturated rings. The molecular formula is C12H14BrNO3. The lowest BCUT2D eigenvalue weighted by molar-refractivity contribution is -0.0447. The van der Waals surface area contributed by atoms with Gasteiger partial charge in [0.15, 0.2) is 0 Å². The minimum atomic E-state index is -0.264. The molecule has 1 aliphatic rings. The second kappa shape index (κ2) is 5.62. The normalized spacial score (nSPS) is 20.4. The maximum Gasteiger partial charge on any atom is 0.254 e. The van der Waals surface area contributed by atoms with E-state index in [1.54, 1.807) is 17.0 Å². The summed E-state index contributed by atoms with van der Waals surface area (Å²) in [5, 5.41) is 9.03. The van der Waals surface area contributed by atoms with Crippen molar-refractivity contribution < 1.29 is 14.6 Å². The summed E-state index contributed by atoms with van der Waals surface area (Å²) in [5.41, 5.74) is 0.651. The van der Waals surface area contributed by atoms with E-state index in [9.17, 15) is 4.79 Å². The second-order valence-corrected chi connectivity index (χ2v) is 4.85. The van der Waals surface area contributed by atoms with Crippen LogP contribution >= 0.6 is 15.9 Å². The zero-order chi connectivity index (χ0) is 12.3. The Labute approximate surface area is 108 Å². The Balaban J connectivity index is 2.09. The number of carbonyl (C=O) groups excluding carboxylic acids is 1. The molecule has 0 saturated carbocycles. The molecule has 1 heterocycles. The van der Waals surface area contributed by atoms with Crippen molar-refractivity contribution in [2.75, 3.05) is 26.3 Å². The lowest BCUT2D eigenvalue weighted by Crippen LogP contribution is -2.46. The van der Waals surface area contributed by atoms with Crippen molar-refractivity contribution in [3.8, 4) is 0 Å². The monoisotopic (exact) mass is 299 g/mol. The van der Waals surface area contributed by atoms with Crippen molar-refractivity contribution in [1.82, 2.24) is 4.90 Å². The lowest BCUT2D eigenvalue weighted by atomic mass is 10.2. The summed E-state index contributed by atoms with van der Waals surface area (Å²) < 4.78 is 6.20. The molecule has 92 valence electrons. The van der Waals surface area contributed by atoms with Crippen LogP contribution < -0.4 is 0 Å². The summed E-state index contributed by atoms with van der Waals surface area (Å²) >= 11 is 3.34. The van der Waals surface area contributed by atoms with Crippen LogP contribution in [0.5, 0.6) is 0 Å². The van der Waals surface area contributed by atoms with Crippen molar-refractivity contribution in [2.24, 2.45) is 0 Å². The summed E-state index contributed by atoms with van der Waals surface area (Å²) in [6, 6.07) is 7.30. The van der Waals surface area contributed by atoms with Gasteiger partial charge in [0, 0.05) is 23.1 Å². The molecule has 1 N–H and O–H groups in total. The van der Waals surface area contributed by atoms with E-state index in [0.29, 0.717) is 25.3 Å². The van der Waals surface area contributed by atoms with E-state index >= 15 is 0 Å². The topological polar surface area (TPSA) is 49.8 Å². The molecule has 0 spiro atoms. The zero-order valence-electron chi connectivity index (χ0n) is 9.30. The highest BCUT2D eigenvalue weighted by Crippen LogP contribution is 2.15. The summed E-state index contributed by atoms with van der Waals surface area (Å²) in [5.74, 6) is -0.0203. The first-order valence-corrected chi connectivity index (χ1v) is 6.27. The number of benzene rings is 1. The Morgan fingerprint density at radius 3 is 3.12 bits per heavy atom. The Hall–Kier alpha value is -0.910. The number of aliphatic hydroxyl groups excluding tert-OH is 1. The Morgan fingerprint density at radius 2 is 2.41 bits per heavy atom. The number of morpholine rings is 1. The average molecular weight is 300 g/mol. The second-order valence-electron chi connectivity index (χ2n) is 3.94. The lowest BCUT2D eigenvalue weighted by Gasteiger charge is -2.32. The fourth-order valence-electron chi connectivity index (χ4n) is 1.82. The van der Waals surface area contributed by atoms with Gasteiger partial charge < -0.3 is 14.7 Å². The molecule has 4 nitrogen and oxygen atoms in total. The number of nitrogens with zero attached hydrogens (tertiary/aromatic N) is 1. The molecule has 0 radical (unpaired) electrons. The van der Waals surface area contributed by atoms with Gasteiger partial charge in [0.05, 0.1) is 19.3 Å². The number of hydrogen-bond acceptors (Lipinski definition) is 3. The first-order chi connectivity index (χ1) is 8.20. The van der Waals surface area contributed by atoms with Crippen molar-refractivity contribution in [1.29, 1.82) is 0 Å². The third-order valence-corrected chi connectivity index (χ3v) is 3.19. The van der Waals surface area contributed by atoms with Crippen LogP contribution in [0.4, 0.5) is 0 Å². The van der Waals surface area contributed by atoms with E-state index in [2.05, 4.69) is 15.9 Å². The van der Waals surface area contributed by atoms with Crippen LogP contribution in [0.25, 0.3) is 0 Å². The van der Waals surface area contributed by atoms with Gasteiger partial charge in [-0.15, -0.1) is 0 Å².